The fraction of sp³-hybridized carbons (Fsp3) is 0.600. The van der Waals surface area contributed by atoms with E-state index in [0.29, 0.717) is 18.3 Å². The van der Waals surface area contributed by atoms with E-state index in [-0.39, 0.29) is 5.91 Å². The average Bonchev–Trinajstić information content (AvgIpc) is 3.23. The molecular formula is C20H28N4O2. The summed E-state index contributed by atoms with van der Waals surface area (Å²) in [7, 11) is 1.95. The Morgan fingerprint density at radius 2 is 2.12 bits per heavy atom. The summed E-state index contributed by atoms with van der Waals surface area (Å²) in [6.45, 7) is 4.69. The molecule has 2 aromatic heterocycles. The lowest BCUT2D eigenvalue weighted by Gasteiger charge is -2.36. The van der Waals surface area contributed by atoms with Gasteiger partial charge in [-0.2, -0.15) is 5.10 Å². The highest BCUT2D eigenvalue weighted by Gasteiger charge is 2.31. The molecule has 1 saturated heterocycles. The van der Waals surface area contributed by atoms with E-state index >= 15 is 0 Å². The van der Waals surface area contributed by atoms with Crippen LogP contribution in [0, 0.1) is 6.92 Å². The largest absolute Gasteiger partial charge is 0.465 e. The first-order valence-electron chi connectivity index (χ1n) is 9.74. The normalized spacial score (nSPS) is 20.8. The molecule has 1 atom stereocenters. The van der Waals surface area contributed by atoms with Gasteiger partial charge in [-0.05, 0) is 64.3 Å². The van der Waals surface area contributed by atoms with Gasteiger partial charge < -0.3 is 14.6 Å². The van der Waals surface area contributed by atoms with Gasteiger partial charge in [0, 0.05) is 24.3 Å². The van der Waals surface area contributed by atoms with Crippen LogP contribution in [0.3, 0.4) is 0 Å². The van der Waals surface area contributed by atoms with E-state index in [2.05, 4.69) is 15.3 Å². The number of amides is 1. The highest BCUT2D eigenvalue weighted by Crippen LogP contribution is 2.28. The highest BCUT2D eigenvalue weighted by molar-refractivity contribution is 5.94. The van der Waals surface area contributed by atoms with Crippen molar-refractivity contribution in [2.24, 2.45) is 7.05 Å². The zero-order valence-corrected chi connectivity index (χ0v) is 15.8. The second-order valence-electron chi connectivity index (χ2n) is 7.59. The third kappa shape index (κ3) is 3.43. The number of nitrogens with zero attached hydrogens (tertiary/aromatic N) is 3. The predicted octanol–water partition coefficient (Wildman–Crippen LogP) is 2.59. The van der Waals surface area contributed by atoms with Gasteiger partial charge in [-0.15, -0.1) is 0 Å². The summed E-state index contributed by atoms with van der Waals surface area (Å²) in [5, 5.41) is 7.51. The van der Waals surface area contributed by atoms with Gasteiger partial charge in [0.15, 0.2) is 5.69 Å². The Morgan fingerprint density at radius 1 is 1.31 bits per heavy atom. The molecule has 0 bridgehead atoms. The molecule has 4 rings (SSSR count). The number of carbonyl (C=O) groups is 1. The van der Waals surface area contributed by atoms with Gasteiger partial charge in [-0.25, -0.2) is 0 Å². The zero-order chi connectivity index (χ0) is 18.1. The maximum Gasteiger partial charge on any atom is 0.272 e. The summed E-state index contributed by atoms with van der Waals surface area (Å²) < 4.78 is 7.43. The lowest BCUT2D eigenvalue weighted by atomic mass is 9.89. The molecule has 2 aliphatic rings. The summed E-state index contributed by atoms with van der Waals surface area (Å²) >= 11 is 0. The standard InChI is InChI=1S/C20H28N4O2/c1-14-6-8-16(26-14)13-21-20(25)19-17-12-15(24-10-4-3-5-11-24)7-9-18(17)23(2)22-19/h6,8,15H,3-5,7,9-13H2,1-2H3,(H,21,25)/t15-/m0/s1. The number of furan rings is 1. The minimum atomic E-state index is -0.102. The Bertz CT molecular complexity index is 786. The predicted molar refractivity (Wildman–Crippen MR) is 99.1 cm³/mol. The topological polar surface area (TPSA) is 63.3 Å². The van der Waals surface area contributed by atoms with Crippen molar-refractivity contribution in [3.05, 3.63) is 40.6 Å². The maximum absolute atomic E-state index is 12.8. The molecule has 0 saturated carbocycles. The SMILES string of the molecule is Cc1ccc(CNC(=O)c2nn(C)c3c2C[C@@H](N2CCCCC2)CC3)o1. The number of rotatable bonds is 4. The van der Waals surface area contributed by atoms with Crippen molar-refractivity contribution in [2.45, 2.75) is 58.0 Å². The van der Waals surface area contributed by atoms with E-state index in [4.69, 9.17) is 4.42 Å². The first kappa shape index (κ1) is 17.3. The summed E-state index contributed by atoms with van der Waals surface area (Å²) in [4.78, 5) is 15.4. The Balaban J connectivity index is 1.48. The molecule has 1 aliphatic carbocycles. The minimum absolute atomic E-state index is 0.102. The number of fused-ring (bicyclic) bond motifs is 1. The third-order valence-electron chi connectivity index (χ3n) is 5.77. The van der Waals surface area contributed by atoms with Crippen LogP contribution in [0.2, 0.25) is 0 Å². The number of nitrogens with one attached hydrogen (secondary N) is 1. The van der Waals surface area contributed by atoms with Crippen LogP contribution < -0.4 is 5.32 Å². The van der Waals surface area contributed by atoms with Crippen LogP contribution in [0.15, 0.2) is 16.5 Å². The van der Waals surface area contributed by atoms with Crippen molar-refractivity contribution in [2.75, 3.05) is 13.1 Å². The van der Waals surface area contributed by atoms with Crippen LogP contribution in [0.5, 0.6) is 0 Å². The average molecular weight is 356 g/mol. The van der Waals surface area contributed by atoms with Gasteiger partial charge in [-0.1, -0.05) is 6.42 Å². The molecule has 0 unspecified atom stereocenters. The molecule has 6 heteroatoms. The van der Waals surface area contributed by atoms with E-state index in [1.54, 1.807) is 0 Å². The molecule has 1 amide bonds. The van der Waals surface area contributed by atoms with Gasteiger partial charge in [0.25, 0.3) is 5.91 Å². The molecule has 1 N–H and O–H groups in total. The minimum Gasteiger partial charge on any atom is -0.465 e. The fourth-order valence-corrected chi connectivity index (χ4v) is 4.38. The van der Waals surface area contributed by atoms with Crippen molar-refractivity contribution in [1.82, 2.24) is 20.0 Å². The third-order valence-corrected chi connectivity index (χ3v) is 5.77. The molecule has 1 aliphatic heterocycles. The molecule has 140 valence electrons. The first-order valence-corrected chi connectivity index (χ1v) is 9.74. The molecule has 3 heterocycles. The van der Waals surface area contributed by atoms with E-state index in [1.165, 1.54) is 44.5 Å². The number of aromatic nitrogens is 2. The quantitative estimate of drug-likeness (QED) is 0.915. The van der Waals surface area contributed by atoms with Crippen molar-refractivity contribution in [1.29, 1.82) is 0 Å². The molecule has 1 fully saturated rings. The maximum atomic E-state index is 12.8. The van der Waals surface area contributed by atoms with Crippen LogP contribution in [0.4, 0.5) is 0 Å². The zero-order valence-electron chi connectivity index (χ0n) is 15.8. The monoisotopic (exact) mass is 356 g/mol. The lowest BCUT2D eigenvalue weighted by Crippen LogP contribution is -2.42. The summed E-state index contributed by atoms with van der Waals surface area (Å²) in [6, 6.07) is 4.36. The van der Waals surface area contributed by atoms with Crippen molar-refractivity contribution in [3.63, 3.8) is 0 Å². The number of aryl methyl sites for hydroxylation is 2. The van der Waals surface area contributed by atoms with Gasteiger partial charge in [0.2, 0.25) is 0 Å². The van der Waals surface area contributed by atoms with Crippen LogP contribution >= 0.6 is 0 Å². The number of hydrogen-bond donors (Lipinski definition) is 1. The fourth-order valence-electron chi connectivity index (χ4n) is 4.38. The Hall–Kier alpha value is -2.08. The second kappa shape index (κ2) is 7.27. The number of piperidine rings is 1. The molecule has 0 radical (unpaired) electrons. The lowest BCUT2D eigenvalue weighted by molar-refractivity contribution is 0.0940. The molecule has 6 nitrogen and oxygen atoms in total. The van der Waals surface area contributed by atoms with E-state index in [1.807, 2.05) is 30.8 Å². The Kier molecular flexibility index (Phi) is 4.85. The Labute approximate surface area is 154 Å². The van der Waals surface area contributed by atoms with Gasteiger partial charge in [-0.3, -0.25) is 9.48 Å². The smallest absolute Gasteiger partial charge is 0.272 e. The first-order chi connectivity index (χ1) is 12.6. The number of likely N-dealkylation sites (tertiary alicyclic amines) is 1. The molecule has 26 heavy (non-hydrogen) atoms. The van der Waals surface area contributed by atoms with Crippen molar-refractivity contribution >= 4 is 5.91 Å². The molecule has 2 aromatic rings. The van der Waals surface area contributed by atoms with Gasteiger partial charge in [0.1, 0.15) is 11.5 Å². The summed E-state index contributed by atoms with van der Waals surface area (Å²) in [5.74, 6) is 1.52. The van der Waals surface area contributed by atoms with Crippen LogP contribution in [0.1, 0.15) is 58.9 Å². The second-order valence-corrected chi connectivity index (χ2v) is 7.59. The molecular weight excluding hydrogens is 328 g/mol. The summed E-state index contributed by atoms with van der Waals surface area (Å²) in [5.41, 5.74) is 2.95. The van der Waals surface area contributed by atoms with Crippen LogP contribution in [-0.2, 0) is 26.4 Å². The summed E-state index contributed by atoms with van der Waals surface area (Å²) in [6.07, 6.45) is 7.05. The van der Waals surface area contributed by atoms with Gasteiger partial charge in [0.05, 0.1) is 6.54 Å². The van der Waals surface area contributed by atoms with Crippen molar-refractivity contribution in [3.8, 4) is 0 Å². The number of carbonyl (C=O) groups excluding carboxylic acids is 1. The van der Waals surface area contributed by atoms with E-state index in [0.717, 1.165) is 29.9 Å². The highest BCUT2D eigenvalue weighted by atomic mass is 16.3. The molecule has 0 spiro atoms. The van der Waals surface area contributed by atoms with Gasteiger partial charge >= 0.3 is 0 Å². The van der Waals surface area contributed by atoms with Crippen LogP contribution in [-0.4, -0.2) is 39.7 Å². The number of hydrogen-bond acceptors (Lipinski definition) is 4. The van der Waals surface area contributed by atoms with Crippen LogP contribution in [0.25, 0.3) is 0 Å². The van der Waals surface area contributed by atoms with Crippen molar-refractivity contribution < 1.29 is 9.21 Å². The van der Waals surface area contributed by atoms with E-state index < -0.39 is 0 Å². The van der Waals surface area contributed by atoms with E-state index in [9.17, 15) is 4.79 Å². The molecule has 0 aromatic carbocycles. The Morgan fingerprint density at radius 3 is 2.85 bits per heavy atom.